The Labute approximate surface area is 135 Å². The van der Waals surface area contributed by atoms with Crippen molar-refractivity contribution >= 4 is 15.8 Å². The standard InChI is InChI=1S/C15H19FN4O2S/c1-3-12(10-6-5-7-11(8-10)23(17,21)22)20-15-14(16)13(4-2)18-9-19-15/h5-9,12H,3-4H2,1-2H3,(H2,17,21,22)(H,18,19,20)/t12-/m0/s1. The summed E-state index contributed by atoms with van der Waals surface area (Å²) in [6, 6.07) is 5.97. The Morgan fingerprint density at radius 1 is 1.30 bits per heavy atom. The molecule has 3 N–H and O–H groups in total. The van der Waals surface area contributed by atoms with Gasteiger partial charge in [-0.2, -0.15) is 0 Å². The number of anilines is 1. The topological polar surface area (TPSA) is 98.0 Å². The molecule has 0 spiro atoms. The number of aryl methyl sites for hydroxylation is 1. The predicted molar refractivity (Wildman–Crippen MR) is 85.8 cm³/mol. The van der Waals surface area contributed by atoms with Crippen LogP contribution in [0.25, 0.3) is 0 Å². The molecule has 0 aliphatic rings. The number of benzene rings is 1. The molecule has 0 aliphatic carbocycles. The summed E-state index contributed by atoms with van der Waals surface area (Å²) < 4.78 is 37.2. The molecule has 2 rings (SSSR count). The van der Waals surface area contributed by atoms with Gasteiger partial charge in [0.1, 0.15) is 6.33 Å². The van der Waals surface area contributed by atoms with Gasteiger partial charge in [-0.25, -0.2) is 27.9 Å². The van der Waals surface area contributed by atoms with Gasteiger partial charge in [0.2, 0.25) is 10.0 Å². The molecule has 8 heteroatoms. The molecule has 0 saturated heterocycles. The SMILES string of the molecule is CCc1ncnc(N[C@@H](CC)c2cccc(S(N)(=O)=O)c2)c1F. The average Bonchev–Trinajstić information content (AvgIpc) is 2.53. The fourth-order valence-electron chi connectivity index (χ4n) is 2.25. The number of aromatic nitrogens is 2. The first-order valence-corrected chi connectivity index (χ1v) is 8.80. The number of primary sulfonamides is 1. The predicted octanol–water partition coefficient (Wildman–Crippen LogP) is 2.39. The number of sulfonamides is 1. The van der Waals surface area contributed by atoms with Gasteiger partial charge in [-0.05, 0) is 30.5 Å². The zero-order valence-corrected chi connectivity index (χ0v) is 13.8. The van der Waals surface area contributed by atoms with Crippen molar-refractivity contribution in [2.45, 2.75) is 37.6 Å². The number of nitrogens with one attached hydrogen (secondary N) is 1. The lowest BCUT2D eigenvalue weighted by Gasteiger charge is -2.19. The molecule has 23 heavy (non-hydrogen) atoms. The van der Waals surface area contributed by atoms with E-state index in [1.165, 1.54) is 18.5 Å². The van der Waals surface area contributed by atoms with Crippen LogP contribution in [0, 0.1) is 5.82 Å². The van der Waals surface area contributed by atoms with Crippen LogP contribution in [0.4, 0.5) is 10.2 Å². The molecular weight excluding hydrogens is 319 g/mol. The van der Waals surface area contributed by atoms with Crippen LogP contribution >= 0.6 is 0 Å². The van der Waals surface area contributed by atoms with Gasteiger partial charge in [-0.1, -0.05) is 26.0 Å². The highest BCUT2D eigenvalue weighted by Gasteiger charge is 2.17. The van der Waals surface area contributed by atoms with Crippen molar-refractivity contribution in [3.8, 4) is 0 Å². The van der Waals surface area contributed by atoms with Gasteiger partial charge in [0.05, 0.1) is 16.6 Å². The zero-order valence-electron chi connectivity index (χ0n) is 13.0. The Morgan fingerprint density at radius 2 is 2.04 bits per heavy atom. The third kappa shape index (κ3) is 4.02. The Kier molecular flexibility index (Phi) is 5.27. The van der Waals surface area contributed by atoms with Crippen LogP contribution in [0.3, 0.4) is 0 Å². The van der Waals surface area contributed by atoms with Crippen molar-refractivity contribution in [3.05, 3.63) is 47.7 Å². The van der Waals surface area contributed by atoms with E-state index in [-0.39, 0.29) is 16.8 Å². The van der Waals surface area contributed by atoms with Crippen molar-refractivity contribution in [1.82, 2.24) is 9.97 Å². The minimum Gasteiger partial charge on any atom is -0.361 e. The highest BCUT2D eigenvalue weighted by atomic mass is 32.2. The smallest absolute Gasteiger partial charge is 0.238 e. The highest BCUT2D eigenvalue weighted by Crippen LogP contribution is 2.25. The maximum Gasteiger partial charge on any atom is 0.238 e. The fraction of sp³-hybridized carbons (Fsp3) is 0.333. The van der Waals surface area contributed by atoms with Gasteiger partial charge < -0.3 is 5.32 Å². The average molecular weight is 338 g/mol. The molecule has 124 valence electrons. The van der Waals surface area contributed by atoms with Gasteiger partial charge in [0.15, 0.2) is 11.6 Å². The molecule has 1 heterocycles. The van der Waals surface area contributed by atoms with E-state index < -0.39 is 15.8 Å². The summed E-state index contributed by atoms with van der Waals surface area (Å²) in [5.41, 5.74) is 1.02. The minimum absolute atomic E-state index is 0.0210. The largest absolute Gasteiger partial charge is 0.361 e. The Bertz CT molecular complexity index is 796. The first-order chi connectivity index (χ1) is 10.9. The second kappa shape index (κ2) is 7.01. The van der Waals surface area contributed by atoms with Gasteiger partial charge in [0.25, 0.3) is 0 Å². The molecule has 1 atom stereocenters. The lowest BCUT2D eigenvalue weighted by molar-refractivity contribution is 0.590. The molecule has 0 bridgehead atoms. The molecule has 6 nitrogen and oxygen atoms in total. The fourth-order valence-corrected chi connectivity index (χ4v) is 2.82. The third-order valence-corrected chi connectivity index (χ3v) is 4.42. The molecule has 2 aromatic rings. The number of rotatable bonds is 6. The molecule has 1 aromatic carbocycles. The van der Waals surface area contributed by atoms with Gasteiger partial charge in [-0.15, -0.1) is 0 Å². The Balaban J connectivity index is 2.35. The number of hydrogen-bond donors (Lipinski definition) is 2. The van der Waals surface area contributed by atoms with E-state index >= 15 is 0 Å². The van der Waals surface area contributed by atoms with Crippen molar-refractivity contribution in [3.63, 3.8) is 0 Å². The van der Waals surface area contributed by atoms with Crippen molar-refractivity contribution in [2.24, 2.45) is 5.14 Å². The van der Waals surface area contributed by atoms with Gasteiger partial charge >= 0.3 is 0 Å². The first-order valence-electron chi connectivity index (χ1n) is 7.25. The number of nitrogens with zero attached hydrogens (tertiary/aromatic N) is 2. The van der Waals surface area contributed by atoms with E-state index in [4.69, 9.17) is 5.14 Å². The van der Waals surface area contributed by atoms with E-state index in [1.807, 2.05) is 13.8 Å². The molecule has 0 unspecified atom stereocenters. The van der Waals surface area contributed by atoms with E-state index in [2.05, 4.69) is 15.3 Å². The van der Waals surface area contributed by atoms with Crippen LogP contribution in [-0.4, -0.2) is 18.4 Å². The number of halogens is 1. The van der Waals surface area contributed by atoms with Crippen molar-refractivity contribution < 1.29 is 12.8 Å². The maximum atomic E-state index is 14.3. The summed E-state index contributed by atoms with van der Waals surface area (Å²) in [6.07, 6.45) is 2.37. The molecule has 0 saturated carbocycles. The highest BCUT2D eigenvalue weighted by molar-refractivity contribution is 7.89. The monoisotopic (exact) mass is 338 g/mol. The Morgan fingerprint density at radius 3 is 2.65 bits per heavy atom. The van der Waals surface area contributed by atoms with E-state index in [1.54, 1.807) is 12.1 Å². The van der Waals surface area contributed by atoms with Crippen LogP contribution in [0.5, 0.6) is 0 Å². The van der Waals surface area contributed by atoms with E-state index in [0.717, 1.165) is 0 Å². The van der Waals surface area contributed by atoms with Gasteiger partial charge in [-0.3, -0.25) is 0 Å². The summed E-state index contributed by atoms with van der Waals surface area (Å²) in [4.78, 5) is 7.84. The molecule has 0 fully saturated rings. The first kappa shape index (κ1) is 17.3. The normalized spacial score (nSPS) is 12.9. The summed E-state index contributed by atoms with van der Waals surface area (Å²) in [7, 11) is -3.79. The van der Waals surface area contributed by atoms with Crippen LogP contribution in [0.15, 0.2) is 35.5 Å². The molecule has 0 aliphatic heterocycles. The second-order valence-corrected chi connectivity index (χ2v) is 6.62. The summed E-state index contributed by atoms with van der Waals surface area (Å²) in [6.45, 7) is 3.71. The lowest BCUT2D eigenvalue weighted by atomic mass is 10.0. The summed E-state index contributed by atoms with van der Waals surface area (Å²) >= 11 is 0. The van der Waals surface area contributed by atoms with Crippen molar-refractivity contribution in [2.75, 3.05) is 5.32 Å². The molecule has 0 amide bonds. The molecular formula is C15H19FN4O2S. The van der Waals surface area contributed by atoms with Crippen LogP contribution in [0.2, 0.25) is 0 Å². The van der Waals surface area contributed by atoms with Crippen molar-refractivity contribution in [1.29, 1.82) is 0 Å². The molecule has 1 aromatic heterocycles. The van der Waals surface area contributed by atoms with E-state index in [0.29, 0.717) is 24.1 Å². The number of nitrogens with two attached hydrogens (primary N) is 1. The summed E-state index contributed by atoms with van der Waals surface area (Å²) in [5, 5.41) is 8.16. The quantitative estimate of drug-likeness (QED) is 0.843. The van der Waals surface area contributed by atoms with Crippen LogP contribution < -0.4 is 10.5 Å². The summed E-state index contributed by atoms with van der Waals surface area (Å²) in [5.74, 6) is -0.388. The van der Waals surface area contributed by atoms with Gasteiger partial charge in [0, 0.05) is 0 Å². The minimum atomic E-state index is -3.79. The number of hydrogen-bond acceptors (Lipinski definition) is 5. The third-order valence-electron chi connectivity index (χ3n) is 3.50. The van der Waals surface area contributed by atoms with E-state index in [9.17, 15) is 12.8 Å². The Hall–Kier alpha value is -2.06. The van der Waals surface area contributed by atoms with Crippen LogP contribution in [-0.2, 0) is 16.4 Å². The zero-order chi connectivity index (χ0) is 17.0. The molecule has 0 radical (unpaired) electrons. The lowest BCUT2D eigenvalue weighted by Crippen LogP contribution is -2.16. The maximum absolute atomic E-state index is 14.3. The van der Waals surface area contributed by atoms with Crippen LogP contribution in [0.1, 0.15) is 37.6 Å². The second-order valence-electron chi connectivity index (χ2n) is 5.06.